The Balaban J connectivity index is 2.44. The van der Waals surface area contributed by atoms with Gasteiger partial charge in [-0.3, -0.25) is 4.79 Å². The minimum atomic E-state index is -0.184. The highest BCUT2D eigenvalue weighted by atomic mass is 79.9. The van der Waals surface area contributed by atoms with Gasteiger partial charge in [0, 0.05) is 16.1 Å². The van der Waals surface area contributed by atoms with Crippen molar-refractivity contribution < 1.29 is 9.53 Å². The summed E-state index contributed by atoms with van der Waals surface area (Å²) in [6.07, 6.45) is 0. The normalized spacial score (nSPS) is 10.3. The van der Waals surface area contributed by atoms with Gasteiger partial charge in [0.05, 0.1) is 16.6 Å². The molecule has 0 atom stereocenters. The molecule has 5 heteroatoms. The fourth-order valence-electron chi connectivity index (χ4n) is 1.63. The maximum atomic E-state index is 12.4. The van der Waals surface area contributed by atoms with Crippen LogP contribution in [0, 0.1) is 0 Å². The van der Waals surface area contributed by atoms with Crippen LogP contribution in [0.4, 0.5) is 0 Å². The highest BCUT2D eigenvalue weighted by Gasteiger charge is 2.15. The SMILES string of the molecule is COc1ccc(C(=O)c2cc(Cl)ccc2Cl)cc1Br. The van der Waals surface area contributed by atoms with Crippen molar-refractivity contribution in [3.8, 4) is 5.75 Å². The lowest BCUT2D eigenvalue weighted by atomic mass is 10.0. The first-order chi connectivity index (χ1) is 9.02. The molecule has 98 valence electrons. The number of methoxy groups -OCH3 is 1. The van der Waals surface area contributed by atoms with Crippen molar-refractivity contribution in [1.82, 2.24) is 0 Å². The molecule has 0 aliphatic carbocycles. The van der Waals surface area contributed by atoms with Crippen LogP contribution in [0.2, 0.25) is 10.0 Å². The molecule has 2 aromatic rings. The first-order valence-electron chi connectivity index (χ1n) is 5.36. The molecule has 2 rings (SSSR count). The smallest absolute Gasteiger partial charge is 0.194 e. The van der Waals surface area contributed by atoms with Crippen LogP contribution in [0.3, 0.4) is 0 Å². The van der Waals surface area contributed by atoms with E-state index >= 15 is 0 Å². The van der Waals surface area contributed by atoms with E-state index in [1.54, 1.807) is 43.5 Å². The second kappa shape index (κ2) is 5.95. The fourth-order valence-corrected chi connectivity index (χ4v) is 2.55. The van der Waals surface area contributed by atoms with Crippen molar-refractivity contribution in [3.63, 3.8) is 0 Å². The van der Waals surface area contributed by atoms with Crippen LogP contribution in [0.5, 0.6) is 5.75 Å². The lowest BCUT2D eigenvalue weighted by Gasteiger charge is -2.07. The Morgan fingerprint density at radius 2 is 1.89 bits per heavy atom. The third-order valence-electron chi connectivity index (χ3n) is 2.59. The molecule has 0 fully saturated rings. The van der Waals surface area contributed by atoms with Crippen LogP contribution in [0.15, 0.2) is 40.9 Å². The Kier molecular flexibility index (Phi) is 4.50. The monoisotopic (exact) mass is 358 g/mol. The number of carbonyl (C=O) groups excluding carboxylic acids is 1. The van der Waals surface area contributed by atoms with E-state index in [-0.39, 0.29) is 5.78 Å². The third kappa shape index (κ3) is 3.11. The minimum absolute atomic E-state index is 0.184. The lowest BCUT2D eigenvalue weighted by molar-refractivity contribution is 0.103. The number of benzene rings is 2. The summed E-state index contributed by atoms with van der Waals surface area (Å²) in [5.41, 5.74) is 0.892. The molecular formula is C14H9BrCl2O2. The second-order valence-electron chi connectivity index (χ2n) is 3.80. The summed E-state index contributed by atoms with van der Waals surface area (Å²) in [7, 11) is 1.56. The van der Waals surface area contributed by atoms with Gasteiger partial charge in [0.25, 0.3) is 0 Å². The summed E-state index contributed by atoms with van der Waals surface area (Å²) in [5.74, 6) is 0.476. The van der Waals surface area contributed by atoms with Gasteiger partial charge in [-0.1, -0.05) is 23.2 Å². The van der Waals surface area contributed by atoms with Crippen LogP contribution < -0.4 is 4.74 Å². The van der Waals surface area contributed by atoms with E-state index in [1.165, 1.54) is 0 Å². The van der Waals surface area contributed by atoms with E-state index in [1.807, 2.05) is 0 Å². The van der Waals surface area contributed by atoms with Gasteiger partial charge in [-0.25, -0.2) is 0 Å². The van der Waals surface area contributed by atoms with Crippen molar-refractivity contribution >= 4 is 44.9 Å². The van der Waals surface area contributed by atoms with Crippen molar-refractivity contribution in [2.24, 2.45) is 0 Å². The van der Waals surface area contributed by atoms with Crippen LogP contribution in [-0.4, -0.2) is 12.9 Å². The summed E-state index contributed by atoms with van der Waals surface area (Å²) in [4.78, 5) is 12.4. The predicted molar refractivity (Wildman–Crippen MR) is 80.6 cm³/mol. The molecule has 2 nitrogen and oxygen atoms in total. The summed E-state index contributed by atoms with van der Waals surface area (Å²) < 4.78 is 5.83. The Labute approximate surface area is 129 Å². The van der Waals surface area contributed by atoms with Crippen molar-refractivity contribution in [2.75, 3.05) is 7.11 Å². The quantitative estimate of drug-likeness (QED) is 0.721. The van der Waals surface area contributed by atoms with Crippen molar-refractivity contribution in [2.45, 2.75) is 0 Å². The number of ether oxygens (including phenoxy) is 1. The average Bonchev–Trinajstić information content (AvgIpc) is 2.40. The van der Waals surface area contributed by atoms with E-state index in [9.17, 15) is 4.79 Å². The summed E-state index contributed by atoms with van der Waals surface area (Å²) in [6.45, 7) is 0. The summed E-state index contributed by atoms with van der Waals surface area (Å²) in [6, 6.07) is 9.90. The van der Waals surface area contributed by atoms with Gasteiger partial charge in [-0.15, -0.1) is 0 Å². The van der Waals surface area contributed by atoms with Crippen LogP contribution in [0.1, 0.15) is 15.9 Å². The van der Waals surface area contributed by atoms with Crippen molar-refractivity contribution in [3.05, 3.63) is 62.0 Å². The highest BCUT2D eigenvalue weighted by molar-refractivity contribution is 9.10. The Morgan fingerprint density at radius 3 is 2.53 bits per heavy atom. The predicted octanol–water partition coefficient (Wildman–Crippen LogP) is 5.00. The topological polar surface area (TPSA) is 26.3 Å². The van der Waals surface area contributed by atoms with Gasteiger partial charge >= 0.3 is 0 Å². The van der Waals surface area contributed by atoms with Crippen LogP contribution in [0.25, 0.3) is 0 Å². The van der Waals surface area contributed by atoms with Crippen molar-refractivity contribution in [1.29, 1.82) is 0 Å². The largest absolute Gasteiger partial charge is 0.496 e. The molecule has 0 aromatic heterocycles. The van der Waals surface area contributed by atoms with Gasteiger partial charge in [-0.2, -0.15) is 0 Å². The lowest BCUT2D eigenvalue weighted by Crippen LogP contribution is -2.02. The Hall–Kier alpha value is -1.03. The molecule has 0 spiro atoms. The third-order valence-corrected chi connectivity index (χ3v) is 3.77. The van der Waals surface area contributed by atoms with Crippen LogP contribution in [-0.2, 0) is 0 Å². The molecule has 0 aliphatic heterocycles. The maximum absolute atomic E-state index is 12.4. The average molecular weight is 360 g/mol. The van der Waals surface area contributed by atoms with Crippen LogP contribution >= 0.6 is 39.1 Å². The molecule has 0 heterocycles. The zero-order valence-corrected chi connectivity index (χ0v) is 13.0. The Morgan fingerprint density at radius 1 is 1.16 bits per heavy atom. The molecule has 0 radical (unpaired) electrons. The molecule has 19 heavy (non-hydrogen) atoms. The number of hydrogen-bond acceptors (Lipinski definition) is 2. The number of ketones is 1. The van der Waals surface area contributed by atoms with E-state index in [0.29, 0.717) is 31.4 Å². The standard InChI is InChI=1S/C14H9BrCl2O2/c1-19-13-5-2-8(6-11(13)15)14(18)10-7-9(16)3-4-12(10)17/h2-7H,1H3. The molecule has 0 N–H and O–H groups in total. The number of halogens is 3. The zero-order chi connectivity index (χ0) is 14.0. The van der Waals surface area contributed by atoms with Gasteiger partial charge in [-0.05, 0) is 52.3 Å². The first kappa shape index (κ1) is 14.4. The second-order valence-corrected chi connectivity index (χ2v) is 5.50. The molecule has 0 unspecified atom stereocenters. The van der Waals surface area contributed by atoms with E-state index in [0.717, 1.165) is 0 Å². The highest BCUT2D eigenvalue weighted by Crippen LogP contribution is 2.28. The molecule has 2 aromatic carbocycles. The zero-order valence-electron chi connectivity index (χ0n) is 9.91. The fraction of sp³-hybridized carbons (Fsp3) is 0.0714. The molecule has 0 aliphatic rings. The molecular weight excluding hydrogens is 351 g/mol. The van der Waals surface area contributed by atoms with E-state index < -0.39 is 0 Å². The van der Waals surface area contributed by atoms with Gasteiger partial charge in [0.1, 0.15) is 5.75 Å². The number of carbonyl (C=O) groups is 1. The van der Waals surface area contributed by atoms with Gasteiger partial charge < -0.3 is 4.74 Å². The summed E-state index contributed by atoms with van der Waals surface area (Å²) in [5, 5.41) is 0.849. The molecule has 0 amide bonds. The number of rotatable bonds is 3. The first-order valence-corrected chi connectivity index (χ1v) is 6.91. The van der Waals surface area contributed by atoms with Gasteiger partial charge in [0.15, 0.2) is 5.78 Å². The minimum Gasteiger partial charge on any atom is -0.496 e. The Bertz CT molecular complexity index is 641. The van der Waals surface area contributed by atoms with E-state index in [4.69, 9.17) is 27.9 Å². The summed E-state index contributed by atoms with van der Waals surface area (Å²) >= 11 is 15.3. The molecule has 0 saturated heterocycles. The molecule has 0 bridgehead atoms. The van der Waals surface area contributed by atoms with Gasteiger partial charge in [0.2, 0.25) is 0 Å². The van der Waals surface area contributed by atoms with E-state index in [2.05, 4.69) is 15.9 Å². The molecule has 0 saturated carbocycles. The maximum Gasteiger partial charge on any atom is 0.194 e. The number of hydrogen-bond donors (Lipinski definition) is 0.